The Hall–Kier alpha value is -2.33. The van der Waals surface area contributed by atoms with Crippen LogP contribution < -0.4 is 4.74 Å². The van der Waals surface area contributed by atoms with E-state index in [9.17, 15) is 4.79 Å². The van der Waals surface area contributed by atoms with Gasteiger partial charge >= 0.3 is 0 Å². The Balaban J connectivity index is 1.82. The highest BCUT2D eigenvalue weighted by Crippen LogP contribution is 2.27. The van der Waals surface area contributed by atoms with Gasteiger partial charge in [0.15, 0.2) is 0 Å². The number of carbonyl (C=O) groups excluding carboxylic acids is 1. The van der Waals surface area contributed by atoms with Gasteiger partial charge in [-0.3, -0.25) is 4.79 Å². The van der Waals surface area contributed by atoms with Crippen molar-refractivity contribution in [3.05, 3.63) is 65.2 Å². The zero-order valence-electron chi connectivity index (χ0n) is 19.6. The molecule has 3 rings (SSSR count). The van der Waals surface area contributed by atoms with Crippen LogP contribution in [-0.4, -0.2) is 49.0 Å². The molecule has 0 aliphatic carbocycles. The lowest BCUT2D eigenvalue weighted by molar-refractivity contribution is -0.134. The Bertz CT molecular complexity index is 834. The highest BCUT2D eigenvalue weighted by Gasteiger charge is 2.20. The highest BCUT2D eigenvalue weighted by molar-refractivity contribution is 5.78. The molecule has 2 aromatic rings. The smallest absolute Gasteiger partial charge is 0.225 e. The first-order chi connectivity index (χ1) is 14.9. The molecule has 1 aliphatic rings. The minimum Gasteiger partial charge on any atom is -0.491 e. The molecule has 4 heteroatoms. The van der Waals surface area contributed by atoms with E-state index >= 15 is 0 Å². The molecule has 0 N–H and O–H groups in total. The molecule has 1 aliphatic heterocycles. The Labute approximate surface area is 188 Å². The molecule has 0 spiro atoms. The molecule has 1 amide bonds. The Morgan fingerprint density at radius 3 is 2.55 bits per heavy atom. The number of aryl methyl sites for hydroxylation is 1. The molecular weight excluding hydrogens is 384 g/mol. The van der Waals surface area contributed by atoms with Crippen molar-refractivity contribution >= 4 is 5.91 Å². The molecule has 1 unspecified atom stereocenters. The van der Waals surface area contributed by atoms with E-state index in [-0.39, 0.29) is 11.8 Å². The molecule has 168 valence electrons. The lowest BCUT2D eigenvalue weighted by atomic mass is 9.90. The maximum atomic E-state index is 12.8. The summed E-state index contributed by atoms with van der Waals surface area (Å²) in [5, 5.41) is 0. The summed E-state index contributed by atoms with van der Waals surface area (Å²) in [7, 11) is 2.20. The minimum absolute atomic E-state index is 0.00684. The van der Waals surface area contributed by atoms with Crippen LogP contribution in [0.2, 0.25) is 0 Å². The Morgan fingerprint density at radius 1 is 1.03 bits per heavy atom. The third-order valence-electron chi connectivity index (χ3n) is 6.19. The van der Waals surface area contributed by atoms with Crippen LogP contribution in [-0.2, 0) is 11.3 Å². The molecule has 0 saturated carbocycles. The van der Waals surface area contributed by atoms with E-state index in [2.05, 4.69) is 67.4 Å². The maximum absolute atomic E-state index is 12.8. The van der Waals surface area contributed by atoms with Crippen molar-refractivity contribution in [1.82, 2.24) is 9.80 Å². The second-order valence-corrected chi connectivity index (χ2v) is 9.22. The molecule has 0 radical (unpaired) electrons. The lowest BCUT2D eigenvalue weighted by Gasteiger charge is -2.28. The molecule has 2 aromatic carbocycles. The molecule has 0 saturated heterocycles. The number of hydrogen-bond donors (Lipinski definition) is 0. The van der Waals surface area contributed by atoms with Crippen LogP contribution >= 0.6 is 0 Å². The van der Waals surface area contributed by atoms with Crippen molar-refractivity contribution in [2.45, 2.75) is 52.5 Å². The van der Waals surface area contributed by atoms with Gasteiger partial charge in [0.2, 0.25) is 5.91 Å². The molecule has 4 nitrogen and oxygen atoms in total. The van der Waals surface area contributed by atoms with Crippen molar-refractivity contribution in [3.8, 4) is 5.75 Å². The Kier molecular flexibility index (Phi) is 8.53. The number of nitrogens with zero attached hydrogens (tertiary/aromatic N) is 2. The van der Waals surface area contributed by atoms with Crippen molar-refractivity contribution in [2.75, 3.05) is 33.3 Å². The first-order valence-corrected chi connectivity index (χ1v) is 11.7. The van der Waals surface area contributed by atoms with Gasteiger partial charge in [-0.05, 0) is 57.3 Å². The molecular formula is C27H38N2O2. The van der Waals surface area contributed by atoms with E-state index < -0.39 is 0 Å². The van der Waals surface area contributed by atoms with E-state index in [1.54, 1.807) is 0 Å². The van der Waals surface area contributed by atoms with Gasteiger partial charge in [0.05, 0.1) is 6.54 Å². The van der Waals surface area contributed by atoms with Crippen LogP contribution in [0, 0.1) is 12.8 Å². The van der Waals surface area contributed by atoms with Crippen LogP contribution in [0.4, 0.5) is 0 Å². The first-order valence-electron chi connectivity index (χ1n) is 11.7. The third-order valence-corrected chi connectivity index (χ3v) is 6.19. The number of rotatable bonds is 2. The fraction of sp³-hybridized carbons (Fsp3) is 0.519. The van der Waals surface area contributed by atoms with E-state index in [1.807, 2.05) is 18.7 Å². The molecule has 1 atom stereocenters. The van der Waals surface area contributed by atoms with Gasteiger partial charge in [-0.2, -0.15) is 0 Å². The second kappa shape index (κ2) is 11.3. The zero-order valence-corrected chi connectivity index (χ0v) is 19.6. The van der Waals surface area contributed by atoms with Crippen molar-refractivity contribution < 1.29 is 9.53 Å². The largest absolute Gasteiger partial charge is 0.491 e. The summed E-state index contributed by atoms with van der Waals surface area (Å²) in [6.07, 6.45) is 3.22. The number of ether oxygens (including phenoxy) is 1. The molecule has 0 fully saturated rings. The standard InChI is InChI=1S/C27H38N2O2/c1-21(2)27(30)29-15-8-11-24(23-9-6-5-7-10-23)14-16-28(4)20-25-19-22(3)12-13-26(25)31-18-17-29/h5-7,9-10,12-13,19,21,24H,8,11,14-18,20H2,1-4H3. The van der Waals surface area contributed by atoms with Gasteiger partial charge in [-0.1, -0.05) is 61.9 Å². The zero-order chi connectivity index (χ0) is 22.2. The summed E-state index contributed by atoms with van der Waals surface area (Å²) in [5.41, 5.74) is 3.87. The average molecular weight is 423 g/mol. The van der Waals surface area contributed by atoms with Gasteiger partial charge < -0.3 is 14.5 Å². The van der Waals surface area contributed by atoms with Gasteiger partial charge in [-0.25, -0.2) is 0 Å². The van der Waals surface area contributed by atoms with Crippen LogP contribution in [0.1, 0.15) is 55.7 Å². The quantitative estimate of drug-likeness (QED) is 0.662. The Morgan fingerprint density at radius 2 is 1.81 bits per heavy atom. The fourth-order valence-electron chi connectivity index (χ4n) is 4.41. The molecule has 31 heavy (non-hydrogen) atoms. The summed E-state index contributed by atoms with van der Waals surface area (Å²) in [5.74, 6) is 1.67. The minimum atomic E-state index is 0.00684. The topological polar surface area (TPSA) is 32.8 Å². The third kappa shape index (κ3) is 6.83. The lowest BCUT2D eigenvalue weighted by Crippen LogP contribution is -2.38. The average Bonchev–Trinajstić information content (AvgIpc) is 2.75. The SMILES string of the molecule is Cc1ccc2c(c1)CN(C)CCC(c1ccccc1)CCCN(C(=O)C(C)C)CCO2. The fourth-order valence-corrected chi connectivity index (χ4v) is 4.41. The van der Waals surface area contributed by atoms with E-state index in [1.165, 1.54) is 16.7 Å². The number of benzene rings is 2. The molecule has 1 heterocycles. The molecule has 0 bridgehead atoms. The predicted octanol–water partition coefficient (Wildman–Crippen LogP) is 5.26. The highest BCUT2D eigenvalue weighted by atomic mass is 16.5. The van der Waals surface area contributed by atoms with Crippen LogP contribution in [0.15, 0.2) is 48.5 Å². The van der Waals surface area contributed by atoms with Crippen molar-refractivity contribution in [2.24, 2.45) is 5.92 Å². The van der Waals surface area contributed by atoms with Gasteiger partial charge in [0.1, 0.15) is 12.4 Å². The van der Waals surface area contributed by atoms with Gasteiger partial charge in [0.25, 0.3) is 0 Å². The van der Waals surface area contributed by atoms with Crippen LogP contribution in [0.3, 0.4) is 0 Å². The summed E-state index contributed by atoms with van der Waals surface area (Å²) < 4.78 is 6.17. The maximum Gasteiger partial charge on any atom is 0.225 e. The van der Waals surface area contributed by atoms with Gasteiger partial charge in [-0.15, -0.1) is 0 Å². The number of carbonyl (C=O) groups is 1. The summed E-state index contributed by atoms with van der Waals surface area (Å²) in [6, 6.07) is 17.2. The van der Waals surface area contributed by atoms with Crippen molar-refractivity contribution in [3.63, 3.8) is 0 Å². The number of amides is 1. The monoisotopic (exact) mass is 422 g/mol. The second-order valence-electron chi connectivity index (χ2n) is 9.22. The summed E-state index contributed by atoms with van der Waals surface area (Å²) in [6.45, 7) is 9.94. The number of hydrogen-bond acceptors (Lipinski definition) is 3. The van der Waals surface area contributed by atoms with E-state index in [0.29, 0.717) is 19.1 Å². The van der Waals surface area contributed by atoms with Gasteiger partial charge in [0, 0.05) is 24.6 Å². The normalized spacial score (nSPS) is 19.4. The van der Waals surface area contributed by atoms with E-state index in [0.717, 1.165) is 44.6 Å². The van der Waals surface area contributed by atoms with Crippen molar-refractivity contribution in [1.29, 1.82) is 0 Å². The summed E-state index contributed by atoms with van der Waals surface area (Å²) in [4.78, 5) is 17.2. The van der Waals surface area contributed by atoms with E-state index in [4.69, 9.17) is 4.74 Å². The molecule has 0 aromatic heterocycles. The van der Waals surface area contributed by atoms with Crippen LogP contribution in [0.25, 0.3) is 0 Å². The first kappa shape index (κ1) is 23.3. The summed E-state index contributed by atoms with van der Waals surface area (Å²) >= 11 is 0. The predicted molar refractivity (Wildman–Crippen MR) is 127 cm³/mol. The number of fused-ring (bicyclic) bond motifs is 1. The van der Waals surface area contributed by atoms with Crippen LogP contribution in [0.5, 0.6) is 5.75 Å².